The number of carboxylic acid groups (broad SMARTS) is 1. The van der Waals surface area contributed by atoms with Crippen molar-refractivity contribution in [1.29, 1.82) is 0 Å². The van der Waals surface area contributed by atoms with E-state index in [0.717, 1.165) is 16.7 Å². The van der Waals surface area contributed by atoms with Gasteiger partial charge in [0, 0.05) is 18.1 Å². The van der Waals surface area contributed by atoms with Crippen LogP contribution in [-0.4, -0.2) is 21.7 Å². The molecule has 0 aliphatic rings. The Bertz CT molecular complexity index is 626. The second kappa shape index (κ2) is 5.19. The van der Waals surface area contributed by atoms with Crippen LogP contribution in [-0.2, 0) is 11.3 Å². The van der Waals surface area contributed by atoms with E-state index < -0.39 is 11.4 Å². The van der Waals surface area contributed by atoms with Crippen molar-refractivity contribution in [3.05, 3.63) is 30.5 Å². The molecule has 0 aliphatic carbocycles. The van der Waals surface area contributed by atoms with Gasteiger partial charge in [0.05, 0.1) is 17.0 Å². The summed E-state index contributed by atoms with van der Waals surface area (Å²) in [6.45, 7) is 7.87. The Kier molecular flexibility index (Phi) is 3.75. The molecule has 0 radical (unpaired) electrons. The molecule has 0 saturated heterocycles. The summed E-state index contributed by atoms with van der Waals surface area (Å²) in [6.07, 6.45) is 2.03. The summed E-state index contributed by atoms with van der Waals surface area (Å²) in [5.41, 5.74) is 0.193. The maximum atomic E-state index is 11.3. The number of ether oxygens (including phenoxy) is 1. The van der Waals surface area contributed by atoms with Gasteiger partial charge in [-0.25, -0.2) is 0 Å². The van der Waals surface area contributed by atoms with Crippen molar-refractivity contribution in [3.63, 3.8) is 0 Å². The lowest BCUT2D eigenvalue weighted by Gasteiger charge is -2.20. The number of rotatable bonds is 5. The molecule has 0 amide bonds. The highest BCUT2D eigenvalue weighted by atomic mass is 16.5. The molecule has 20 heavy (non-hydrogen) atoms. The van der Waals surface area contributed by atoms with Gasteiger partial charge >= 0.3 is 5.97 Å². The molecule has 0 unspecified atom stereocenters. The number of aliphatic carboxylic acids is 1. The number of hydrogen-bond donors (Lipinski definition) is 1. The first kappa shape index (κ1) is 14.4. The van der Waals surface area contributed by atoms with E-state index in [4.69, 9.17) is 4.74 Å². The molecule has 1 N–H and O–H groups in total. The molecular weight excluding hydrogens is 254 g/mol. The Morgan fingerprint density at radius 1 is 1.35 bits per heavy atom. The minimum atomic E-state index is -0.805. The maximum Gasteiger partial charge on any atom is 0.310 e. The molecule has 0 fully saturated rings. The van der Waals surface area contributed by atoms with Crippen LogP contribution in [0.1, 0.15) is 27.7 Å². The lowest BCUT2D eigenvalue weighted by molar-refractivity contribution is -0.147. The number of aromatic nitrogens is 1. The second-order valence-corrected chi connectivity index (χ2v) is 5.99. The van der Waals surface area contributed by atoms with Gasteiger partial charge in [-0.15, -0.1) is 0 Å². The van der Waals surface area contributed by atoms with Crippen LogP contribution >= 0.6 is 0 Å². The molecule has 4 heteroatoms. The number of nitrogens with zero attached hydrogens (tertiary/aromatic N) is 1. The topological polar surface area (TPSA) is 51.5 Å². The van der Waals surface area contributed by atoms with Gasteiger partial charge in [0.25, 0.3) is 0 Å². The summed E-state index contributed by atoms with van der Waals surface area (Å²) < 4.78 is 7.76. The van der Waals surface area contributed by atoms with Crippen LogP contribution in [0.3, 0.4) is 0 Å². The zero-order valence-electron chi connectivity index (χ0n) is 12.4. The minimum absolute atomic E-state index is 0.111. The van der Waals surface area contributed by atoms with E-state index in [1.807, 2.05) is 48.9 Å². The van der Waals surface area contributed by atoms with E-state index in [9.17, 15) is 9.90 Å². The van der Waals surface area contributed by atoms with Gasteiger partial charge < -0.3 is 14.4 Å². The van der Waals surface area contributed by atoms with Crippen molar-refractivity contribution in [1.82, 2.24) is 4.57 Å². The Morgan fingerprint density at radius 3 is 2.65 bits per heavy atom. The molecule has 0 spiro atoms. The van der Waals surface area contributed by atoms with Crippen LogP contribution in [0.4, 0.5) is 0 Å². The average Bonchev–Trinajstić information content (AvgIpc) is 2.72. The third-order valence-electron chi connectivity index (χ3n) is 3.28. The van der Waals surface area contributed by atoms with Crippen LogP contribution in [0.25, 0.3) is 10.9 Å². The smallest absolute Gasteiger partial charge is 0.310 e. The standard InChI is InChI=1S/C16H21NO3/c1-11(2)20-14-7-5-6-13-12(14)8-9-17(13)10-16(3,4)15(18)19/h5-9,11H,10H2,1-4H3,(H,18,19). The summed E-state index contributed by atoms with van der Waals surface area (Å²) in [4.78, 5) is 11.3. The third-order valence-corrected chi connectivity index (χ3v) is 3.28. The summed E-state index contributed by atoms with van der Waals surface area (Å²) in [5.74, 6) is 0.0401. The molecule has 2 rings (SSSR count). The Morgan fingerprint density at radius 2 is 2.05 bits per heavy atom. The first-order valence-corrected chi connectivity index (χ1v) is 6.79. The van der Waals surface area contributed by atoms with E-state index >= 15 is 0 Å². The molecule has 2 aromatic rings. The van der Waals surface area contributed by atoms with Gasteiger partial charge in [0.1, 0.15) is 5.75 Å². The van der Waals surface area contributed by atoms with E-state index in [1.165, 1.54) is 0 Å². The largest absolute Gasteiger partial charge is 0.490 e. The molecule has 0 bridgehead atoms. The van der Waals surface area contributed by atoms with Crippen molar-refractivity contribution in [2.75, 3.05) is 0 Å². The SMILES string of the molecule is CC(C)Oc1cccc2c1ccn2CC(C)(C)C(=O)O. The Hall–Kier alpha value is -1.97. The van der Waals surface area contributed by atoms with Crippen LogP contribution in [0.2, 0.25) is 0 Å². The van der Waals surface area contributed by atoms with Crippen molar-refractivity contribution in [2.45, 2.75) is 40.3 Å². The quantitative estimate of drug-likeness (QED) is 0.908. The molecule has 1 heterocycles. The molecule has 108 valence electrons. The Balaban J connectivity index is 2.40. The number of fused-ring (bicyclic) bond motifs is 1. The van der Waals surface area contributed by atoms with Crippen LogP contribution in [0, 0.1) is 5.41 Å². The first-order valence-electron chi connectivity index (χ1n) is 6.79. The molecule has 0 atom stereocenters. The fraction of sp³-hybridized carbons (Fsp3) is 0.438. The molecule has 0 aliphatic heterocycles. The maximum absolute atomic E-state index is 11.3. The van der Waals surface area contributed by atoms with Crippen LogP contribution in [0.5, 0.6) is 5.75 Å². The normalized spacial score (nSPS) is 12.1. The zero-order valence-corrected chi connectivity index (χ0v) is 12.4. The van der Waals surface area contributed by atoms with Gasteiger partial charge in [0.15, 0.2) is 0 Å². The molecule has 1 aromatic carbocycles. The summed E-state index contributed by atoms with van der Waals surface area (Å²) in [6, 6.07) is 7.84. The fourth-order valence-electron chi connectivity index (χ4n) is 2.18. The summed E-state index contributed by atoms with van der Waals surface area (Å²) in [7, 11) is 0. The highest BCUT2D eigenvalue weighted by molar-refractivity contribution is 5.86. The number of carboxylic acids is 1. The van der Waals surface area contributed by atoms with Gasteiger partial charge in [-0.05, 0) is 45.9 Å². The molecular formula is C16H21NO3. The summed E-state index contributed by atoms with van der Waals surface area (Å²) >= 11 is 0. The summed E-state index contributed by atoms with van der Waals surface area (Å²) in [5, 5.41) is 10.3. The predicted molar refractivity (Wildman–Crippen MR) is 79.1 cm³/mol. The minimum Gasteiger partial charge on any atom is -0.490 e. The van der Waals surface area contributed by atoms with Crippen LogP contribution in [0.15, 0.2) is 30.5 Å². The number of benzene rings is 1. The second-order valence-electron chi connectivity index (χ2n) is 5.99. The highest BCUT2D eigenvalue weighted by Gasteiger charge is 2.28. The van der Waals surface area contributed by atoms with E-state index in [0.29, 0.717) is 6.54 Å². The van der Waals surface area contributed by atoms with Crippen molar-refractivity contribution in [2.24, 2.45) is 5.41 Å². The highest BCUT2D eigenvalue weighted by Crippen LogP contribution is 2.29. The molecule has 0 saturated carbocycles. The lowest BCUT2D eigenvalue weighted by atomic mass is 9.94. The van der Waals surface area contributed by atoms with Crippen LogP contribution < -0.4 is 4.74 Å². The third kappa shape index (κ3) is 2.79. The van der Waals surface area contributed by atoms with Crippen molar-refractivity contribution in [3.8, 4) is 5.75 Å². The van der Waals surface area contributed by atoms with E-state index in [1.54, 1.807) is 13.8 Å². The Labute approximate surface area is 119 Å². The van der Waals surface area contributed by atoms with Gasteiger partial charge in [-0.1, -0.05) is 6.07 Å². The number of hydrogen-bond acceptors (Lipinski definition) is 2. The molecule has 4 nitrogen and oxygen atoms in total. The van der Waals surface area contributed by atoms with Crippen molar-refractivity contribution < 1.29 is 14.6 Å². The van der Waals surface area contributed by atoms with Crippen molar-refractivity contribution >= 4 is 16.9 Å². The monoisotopic (exact) mass is 275 g/mol. The van der Waals surface area contributed by atoms with E-state index in [2.05, 4.69) is 0 Å². The fourth-order valence-corrected chi connectivity index (χ4v) is 2.18. The lowest BCUT2D eigenvalue weighted by Crippen LogP contribution is -2.28. The first-order chi connectivity index (χ1) is 9.31. The van der Waals surface area contributed by atoms with Gasteiger partial charge in [-0.2, -0.15) is 0 Å². The average molecular weight is 275 g/mol. The predicted octanol–water partition coefficient (Wildman–Crippen LogP) is 3.54. The zero-order chi connectivity index (χ0) is 14.9. The molecule has 1 aromatic heterocycles. The number of carbonyl (C=O) groups is 1. The van der Waals surface area contributed by atoms with E-state index in [-0.39, 0.29) is 6.10 Å². The van der Waals surface area contributed by atoms with Gasteiger partial charge in [-0.3, -0.25) is 4.79 Å². The van der Waals surface area contributed by atoms with Gasteiger partial charge in [0.2, 0.25) is 0 Å².